The Morgan fingerprint density at radius 2 is 1.45 bits per heavy atom. The van der Waals surface area contributed by atoms with Crippen molar-refractivity contribution in [3.05, 3.63) is 119 Å². The van der Waals surface area contributed by atoms with Crippen LogP contribution in [0.1, 0.15) is 34.0 Å². The Bertz CT molecular complexity index is 1670. The fourth-order valence-corrected chi connectivity index (χ4v) is 5.32. The van der Waals surface area contributed by atoms with Crippen molar-refractivity contribution in [2.75, 3.05) is 24.9 Å². The molecule has 0 spiro atoms. The van der Waals surface area contributed by atoms with Crippen LogP contribution in [0.15, 0.2) is 102 Å². The lowest BCUT2D eigenvalue weighted by atomic mass is 10.1. The van der Waals surface area contributed by atoms with Gasteiger partial charge in [-0.2, -0.15) is 0 Å². The molecule has 0 aliphatic heterocycles. The second-order valence-electron chi connectivity index (χ2n) is 9.99. The summed E-state index contributed by atoms with van der Waals surface area (Å²) in [6, 6.07) is 26.9. The monoisotopic (exact) mass is 609 g/mol. The molecule has 0 aliphatic rings. The molecular weight excluding hydrogens is 574 g/mol. The molecule has 9 heteroatoms. The molecule has 0 aliphatic carbocycles. The van der Waals surface area contributed by atoms with E-state index < -0.39 is 17.1 Å². The van der Waals surface area contributed by atoms with E-state index in [0.29, 0.717) is 28.3 Å². The summed E-state index contributed by atoms with van der Waals surface area (Å²) in [5.41, 5.74) is 4.38. The molecule has 226 valence electrons. The van der Waals surface area contributed by atoms with Gasteiger partial charge in [-0.3, -0.25) is 14.4 Å². The van der Waals surface area contributed by atoms with Crippen molar-refractivity contribution < 1.29 is 23.9 Å². The topological polar surface area (TPSA) is 106 Å². The lowest BCUT2D eigenvalue weighted by Gasteiger charge is -2.16. The van der Waals surface area contributed by atoms with Gasteiger partial charge in [0.15, 0.2) is 11.5 Å². The number of rotatable bonds is 11. The van der Waals surface area contributed by atoms with E-state index in [0.717, 1.165) is 21.7 Å². The fraction of sp³-hybridized carbons (Fsp3) is 0.171. The minimum atomic E-state index is -0.521. The van der Waals surface area contributed by atoms with Gasteiger partial charge in [0.2, 0.25) is 5.91 Å². The quantitative estimate of drug-likeness (QED) is 0.127. The molecule has 1 atom stereocenters. The number of carbonyl (C=O) groups excluding carboxylic acids is 3. The number of aryl methyl sites for hydroxylation is 2. The van der Waals surface area contributed by atoms with Crippen LogP contribution in [0, 0.1) is 13.8 Å². The highest BCUT2D eigenvalue weighted by Gasteiger charge is 2.18. The van der Waals surface area contributed by atoms with Crippen LogP contribution < -0.4 is 25.4 Å². The van der Waals surface area contributed by atoms with Gasteiger partial charge >= 0.3 is 0 Å². The first-order chi connectivity index (χ1) is 21.2. The van der Waals surface area contributed by atoms with Crippen LogP contribution in [0.2, 0.25) is 0 Å². The number of hydrogen-bond acceptors (Lipinski definition) is 6. The third kappa shape index (κ3) is 8.29. The molecule has 44 heavy (non-hydrogen) atoms. The van der Waals surface area contributed by atoms with E-state index in [1.807, 2.05) is 51.1 Å². The number of anilines is 2. The first-order valence-electron chi connectivity index (χ1n) is 13.9. The van der Waals surface area contributed by atoms with Crippen LogP contribution in [0.5, 0.6) is 11.5 Å². The Labute approximate surface area is 261 Å². The first-order valence-corrected chi connectivity index (χ1v) is 14.8. The molecule has 4 rings (SSSR count). The molecule has 0 bridgehead atoms. The van der Waals surface area contributed by atoms with E-state index in [9.17, 15) is 14.4 Å². The van der Waals surface area contributed by atoms with Crippen LogP contribution in [0.3, 0.4) is 0 Å². The van der Waals surface area contributed by atoms with E-state index in [1.54, 1.807) is 66.7 Å². The van der Waals surface area contributed by atoms with Crippen LogP contribution in [-0.4, -0.2) is 37.2 Å². The number of nitrogens with one attached hydrogen (secondary N) is 3. The van der Waals surface area contributed by atoms with Gasteiger partial charge in [-0.05, 0) is 86.0 Å². The number of para-hydroxylation sites is 1. The van der Waals surface area contributed by atoms with Gasteiger partial charge < -0.3 is 25.4 Å². The summed E-state index contributed by atoms with van der Waals surface area (Å²) in [5, 5.41) is 8.26. The van der Waals surface area contributed by atoms with E-state index in [1.165, 1.54) is 26.0 Å². The Morgan fingerprint density at radius 1 is 0.773 bits per heavy atom. The second kappa shape index (κ2) is 14.9. The van der Waals surface area contributed by atoms with Gasteiger partial charge in [-0.15, -0.1) is 11.8 Å². The molecule has 4 aromatic carbocycles. The molecule has 3 amide bonds. The highest BCUT2D eigenvalue weighted by molar-refractivity contribution is 8.00. The van der Waals surface area contributed by atoms with E-state index in [2.05, 4.69) is 16.0 Å². The number of amides is 3. The molecule has 0 heterocycles. The molecule has 1 unspecified atom stereocenters. The molecule has 0 fully saturated rings. The Kier molecular flexibility index (Phi) is 10.8. The summed E-state index contributed by atoms with van der Waals surface area (Å²) in [6.45, 7) is 5.76. The minimum Gasteiger partial charge on any atom is -0.493 e. The normalized spacial score (nSPS) is 11.7. The van der Waals surface area contributed by atoms with Gasteiger partial charge in [0, 0.05) is 21.8 Å². The lowest BCUT2D eigenvalue weighted by molar-refractivity contribution is -0.115. The smallest absolute Gasteiger partial charge is 0.272 e. The van der Waals surface area contributed by atoms with Crippen molar-refractivity contribution >= 4 is 46.9 Å². The molecule has 3 N–H and O–H groups in total. The average molecular weight is 610 g/mol. The number of methoxy groups -OCH3 is 2. The van der Waals surface area contributed by atoms with E-state index >= 15 is 0 Å². The SMILES string of the molecule is COc1ccc(/C=C(/NC(=O)c2ccccc2)C(=O)Nc2cccc(SC(C)C(=O)Nc3c(C)cccc3C)c2)cc1OC. The zero-order valence-electron chi connectivity index (χ0n) is 25.3. The van der Waals surface area contributed by atoms with Crippen molar-refractivity contribution in [2.24, 2.45) is 0 Å². The predicted octanol–water partition coefficient (Wildman–Crippen LogP) is 6.85. The highest BCUT2D eigenvalue weighted by atomic mass is 32.2. The van der Waals surface area contributed by atoms with E-state index in [-0.39, 0.29) is 11.6 Å². The maximum Gasteiger partial charge on any atom is 0.272 e. The van der Waals surface area contributed by atoms with Crippen LogP contribution >= 0.6 is 11.8 Å². The van der Waals surface area contributed by atoms with Gasteiger partial charge in [0.25, 0.3) is 11.8 Å². The van der Waals surface area contributed by atoms with Crippen LogP contribution in [0.4, 0.5) is 11.4 Å². The minimum absolute atomic E-state index is 0.0328. The summed E-state index contributed by atoms with van der Waals surface area (Å²) >= 11 is 1.38. The van der Waals surface area contributed by atoms with Gasteiger partial charge in [0.1, 0.15) is 5.70 Å². The van der Waals surface area contributed by atoms with Crippen LogP contribution in [-0.2, 0) is 9.59 Å². The summed E-state index contributed by atoms with van der Waals surface area (Å²) in [6.07, 6.45) is 1.57. The van der Waals surface area contributed by atoms with E-state index in [4.69, 9.17) is 9.47 Å². The van der Waals surface area contributed by atoms with Gasteiger partial charge in [-0.1, -0.05) is 48.5 Å². The molecular formula is C35H35N3O5S. The Balaban J connectivity index is 1.53. The van der Waals surface area contributed by atoms with Crippen molar-refractivity contribution in [3.8, 4) is 11.5 Å². The molecule has 0 aromatic heterocycles. The van der Waals surface area contributed by atoms with Crippen molar-refractivity contribution in [3.63, 3.8) is 0 Å². The maximum atomic E-state index is 13.5. The molecule has 8 nitrogen and oxygen atoms in total. The second-order valence-corrected chi connectivity index (χ2v) is 11.4. The molecule has 0 saturated carbocycles. The Morgan fingerprint density at radius 3 is 2.14 bits per heavy atom. The van der Waals surface area contributed by atoms with Crippen molar-refractivity contribution in [1.82, 2.24) is 5.32 Å². The number of benzene rings is 4. The third-order valence-electron chi connectivity index (χ3n) is 6.75. The highest BCUT2D eigenvalue weighted by Crippen LogP contribution is 2.30. The van der Waals surface area contributed by atoms with Crippen molar-refractivity contribution in [1.29, 1.82) is 0 Å². The summed E-state index contributed by atoms with van der Waals surface area (Å²) in [5.74, 6) is -0.0516. The molecule has 0 saturated heterocycles. The van der Waals surface area contributed by atoms with Gasteiger partial charge in [-0.25, -0.2) is 0 Å². The number of ether oxygens (including phenoxy) is 2. The standard InChI is InChI=1S/C35H35N3O5S/c1-22-11-9-12-23(2)32(22)38-33(39)24(3)44-28-16-10-15-27(21-28)36-35(41)29(37-34(40)26-13-7-6-8-14-26)19-25-17-18-30(42-4)31(20-25)43-5/h6-21,24H,1-5H3,(H,36,41)(H,37,40)(H,38,39)/b29-19+. The third-order valence-corrected chi connectivity index (χ3v) is 7.84. The fourth-order valence-electron chi connectivity index (χ4n) is 4.39. The first kappa shape index (κ1) is 31.9. The van der Waals surface area contributed by atoms with Crippen LogP contribution in [0.25, 0.3) is 6.08 Å². The molecule has 0 radical (unpaired) electrons. The van der Waals surface area contributed by atoms with Gasteiger partial charge in [0.05, 0.1) is 19.5 Å². The molecule has 4 aromatic rings. The summed E-state index contributed by atoms with van der Waals surface area (Å²) in [7, 11) is 3.06. The summed E-state index contributed by atoms with van der Waals surface area (Å²) < 4.78 is 10.7. The zero-order chi connectivity index (χ0) is 31.6. The summed E-state index contributed by atoms with van der Waals surface area (Å²) in [4.78, 5) is 40.4. The number of thioether (sulfide) groups is 1. The number of carbonyl (C=O) groups is 3. The number of hydrogen-bond donors (Lipinski definition) is 3. The largest absolute Gasteiger partial charge is 0.493 e. The predicted molar refractivity (Wildman–Crippen MR) is 176 cm³/mol. The average Bonchev–Trinajstić information content (AvgIpc) is 3.02. The lowest BCUT2D eigenvalue weighted by Crippen LogP contribution is -2.30. The van der Waals surface area contributed by atoms with Crippen molar-refractivity contribution in [2.45, 2.75) is 30.9 Å². The Hall–Kier alpha value is -5.02. The maximum absolute atomic E-state index is 13.5. The zero-order valence-corrected chi connectivity index (χ0v) is 26.1.